The third-order valence-electron chi connectivity index (χ3n) is 7.75. The van der Waals surface area contributed by atoms with Crippen LogP contribution in [0.5, 0.6) is 0 Å². The van der Waals surface area contributed by atoms with Gasteiger partial charge in [-0.15, -0.1) is 0 Å². The first kappa shape index (κ1) is 21.5. The highest BCUT2D eigenvalue weighted by Gasteiger charge is 2.57. The molecule has 2 amide bonds. The number of alkyl halides is 1. The maximum Gasteiger partial charge on any atom is 0.326 e. The summed E-state index contributed by atoms with van der Waals surface area (Å²) >= 11 is 0. The van der Waals surface area contributed by atoms with Gasteiger partial charge in [-0.05, 0) is 62.7 Å². The van der Waals surface area contributed by atoms with E-state index in [-0.39, 0.29) is 25.8 Å². The molecule has 1 saturated heterocycles. The minimum absolute atomic E-state index is 0.0305. The molecule has 0 aromatic rings. The molecule has 0 radical (unpaired) electrons. The van der Waals surface area contributed by atoms with Gasteiger partial charge >= 0.3 is 5.97 Å². The summed E-state index contributed by atoms with van der Waals surface area (Å²) in [4.78, 5) is 39.3. The molecule has 7 nitrogen and oxygen atoms in total. The van der Waals surface area contributed by atoms with Gasteiger partial charge in [0.25, 0.3) is 5.91 Å². The SMILES string of the molecule is CC1CC2CC(C)CC([C@H](NC(=O)C3(F)CC3)C(=O)N3C[C@H](O)C[C@H]3C(=O)O)(C1)C2. The second kappa shape index (κ2) is 7.46. The lowest BCUT2D eigenvalue weighted by Gasteiger charge is -2.53. The van der Waals surface area contributed by atoms with Crippen molar-refractivity contribution in [3.63, 3.8) is 0 Å². The van der Waals surface area contributed by atoms with E-state index in [2.05, 4.69) is 19.2 Å². The molecule has 2 unspecified atom stereocenters. The molecular formula is C22H33FN2O5. The Morgan fingerprint density at radius 1 is 1.07 bits per heavy atom. The Morgan fingerprint density at radius 2 is 1.67 bits per heavy atom. The second-order valence-electron chi connectivity index (χ2n) is 10.6. The zero-order valence-corrected chi connectivity index (χ0v) is 17.8. The molecule has 2 bridgehead atoms. The van der Waals surface area contributed by atoms with Crippen LogP contribution in [0.3, 0.4) is 0 Å². The van der Waals surface area contributed by atoms with Crippen molar-refractivity contribution in [3.05, 3.63) is 0 Å². The van der Waals surface area contributed by atoms with Gasteiger partial charge < -0.3 is 20.4 Å². The highest BCUT2D eigenvalue weighted by atomic mass is 19.1. The number of nitrogens with one attached hydrogen (secondary N) is 1. The van der Waals surface area contributed by atoms with Crippen LogP contribution >= 0.6 is 0 Å². The van der Waals surface area contributed by atoms with Crippen molar-refractivity contribution < 1.29 is 29.0 Å². The van der Waals surface area contributed by atoms with Gasteiger partial charge in [0.05, 0.1) is 6.10 Å². The Hall–Kier alpha value is -1.70. The lowest BCUT2D eigenvalue weighted by atomic mass is 9.54. The van der Waals surface area contributed by atoms with Crippen molar-refractivity contribution >= 4 is 17.8 Å². The number of likely N-dealkylation sites (tertiary alicyclic amines) is 1. The summed E-state index contributed by atoms with van der Waals surface area (Å²) in [5.74, 6) is -1.21. The Kier molecular flexibility index (Phi) is 5.36. The molecule has 4 aliphatic rings. The van der Waals surface area contributed by atoms with E-state index in [9.17, 15) is 29.0 Å². The zero-order valence-electron chi connectivity index (χ0n) is 17.8. The largest absolute Gasteiger partial charge is 0.480 e. The number of aliphatic carboxylic acids is 1. The average Bonchev–Trinajstić information content (AvgIpc) is 3.26. The summed E-state index contributed by atoms with van der Waals surface area (Å²) in [5, 5.41) is 22.4. The van der Waals surface area contributed by atoms with E-state index in [1.807, 2.05) is 0 Å². The molecule has 168 valence electrons. The maximum absolute atomic E-state index is 14.5. The van der Waals surface area contributed by atoms with Crippen LogP contribution in [0.25, 0.3) is 0 Å². The fraction of sp³-hybridized carbons (Fsp3) is 0.864. The van der Waals surface area contributed by atoms with Crippen LogP contribution in [0.1, 0.15) is 65.2 Å². The number of aliphatic hydroxyl groups is 1. The standard InChI is InChI=1S/C22H33FN2O5/c1-12-5-14-6-13(2)9-21(8-12,10-14)17(24-20(30)22(23)3-4-22)18(27)25-11-15(26)7-16(25)19(28)29/h12-17,26H,3-11H2,1-2H3,(H,24,30)(H,28,29)/t12?,13?,14?,15-,16+,17-,21?/m1/s1. The van der Waals surface area contributed by atoms with Crippen molar-refractivity contribution in [1.82, 2.24) is 10.2 Å². The Balaban J connectivity index is 1.68. The number of rotatable bonds is 5. The van der Waals surface area contributed by atoms with Gasteiger partial charge in [-0.25, -0.2) is 9.18 Å². The van der Waals surface area contributed by atoms with Crippen molar-refractivity contribution in [1.29, 1.82) is 0 Å². The number of nitrogens with zero attached hydrogens (tertiary/aromatic N) is 1. The van der Waals surface area contributed by atoms with Crippen molar-refractivity contribution in [2.45, 2.75) is 89.1 Å². The normalized spacial score (nSPS) is 40.5. The number of halogens is 1. The van der Waals surface area contributed by atoms with Crippen LogP contribution < -0.4 is 5.32 Å². The quantitative estimate of drug-likeness (QED) is 0.625. The van der Waals surface area contributed by atoms with Crippen LogP contribution in [-0.2, 0) is 14.4 Å². The van der Waals surface area contributed by atoms with Gasteiger partial charge in [0.15, 0.2) is 5.67 Å². The molecule has 3 saturated carbocycles. The number of aliphatic hydroxyl groups excluding tert-OH is 1. The topological polar surface area (TPSA) is 107 Å². The van der Waals surface area contributed by atoms with E-state index in [1.165, 1.54) is 4.90 Å². The molecule has 8 heteroatoms. The Labute approximate surface area is 176 Å². The Morgan fingerprint density at radius 3 is 2.20 bits per heavy atom. The first-order valence-corrected chi connectivity index (χ1v) is 11.2. The fourth-order valence-electron chi connectivity index (χ4n) is 6.67. The summed E-state index contributed by atoms with van der Waals surface area (Å²) in [5.41, 5.74) is -2.42. The number of amides is 2. The highest BCUT2D eigenvalue weighted by molar-refractivity contribution is 5.95. The number of carboxylic acid groups (broad SMARTS) is 1. The summed E-state index contributed by atoms with van der Waals surface area (Å²) in [6, 6.07) is -2.08. The van der Waals surface area contributed by atoms with E-state index in [0.29, 0.717) is 17.8 Å². The minimum Gasteiger partial charge on any atom is -0.480 e. The second-order valence-corrected chi connectivity index (χ2v) is 10.6. The van der Waals surface area contributed by atoms with E-state index < -0.39 is 47.1 Å². The molecule has 4 fully saturated rings. The zero-order chi connectivity index (χ0) is 21.8. The first-order chi connectivity index (χ1) is 14.0. The van der Waals surface area contributed by atoms with E-state index in [1.54, 1.807) is 0 Å². The molecule has 0 aromatic carbocycles. The number of carboxylic acids is 1. The predicted octanol–water partition coefficient (Wildman–Crippen LogP) is 1.87. The summed E-state index contributed by atoms with van der Waals surface area (Å²) in [7, 11) is 0. The molecule has 1 aliphatic heterocycles. The third-order valence-corrected chi connectivity index (χ3v) is 7.75. The molecular weight excluding hydrogens is 391 g/mol. The van der Waals surface area contributed by atoms with Crippen LogP contribution in [-0.4, -0.2) is 63.3 Å². The molecule has 4 rings (SSSR count). The van der Waals surface area contributed by atoms with E-state index in [0.717, 1.165) is 32.1 Å². The first-order valence-electron chi connectivity index (χ1n) is 11.2. The van der Waals surface area contributed by atoms with Crippen LogP contribution in [0, 0.1) is 23.2 Å². The number of fused-ring (bicyclic) bond motifs is 2. The minimum atomic E-state index is -1.91. The van der Waals surface area contributed by atoms with Crippen molar-refractivity contribution in [2.24, 2.45) is 23.2 Å². The number of carbonyl (C=O) groups is 3. The van der Waals surface area contributed by atoms with Gasteiger partial charge in [0.2, 0.25) is 5.91 Å². The summed E-state index contributed by atoms with van der Waals surface area (Å²) < 4.78 is 14.5. The third kappa shape index (κ3) is 3.83. The number of carbonyl (C=O) groups excluding carboxylic acids is 2. The molecule has 30 heavy (non-hydrogen) atoms. The molecule has 5 atom stereocenters. The summed E-state index contributed by atoms with van der Waals surface area (Å²) in [6.07, 6.45) is 3.80. The van der Waals surface area contributed by atoms with Crippen LogP contribution in [0.2, 0.25) is 0 Å². The molecule has 3 N–H and O–H groups in total. The Bertz CT molecular complexity index is 720. The van der Waals surface area contributed by atoms with E-state index >= 15 is 0 Å². The number of hydrogen-bond donors (Lipinski definition) is 3. The maximum atomic E-state index is 14.5. The van der Waals surface area contributed by atoms with Gasteiger partial charge in [-0.3, -0.25) is 9.59 Å². The molecule has 1 heterocycles. The van der Waals surface area contributed by atoms with Gasteiger partial charge in [0, 0.05) is 18.4 Å². The lowest BCUT2D eigenvalue weighted by molar-refractivity contribution is -0.154. The van der Waals surface area contributed by atoms with Crippen molar-refractivity contribution in [3.8, 4) is 0 Å². The smallest absolute Gasteiger partial charge is 0.326 e. The van der Waals surface area contributed by atoms with Crippen LogP contribution in [0.15, 0.2) is 0 Å². The lowest BCUT2D eigenvalue weighted by Crippen LogP contribution is -2.62. The summed E-state index contributed by atoms with van der Waals surface area (Å²) in [6.45, 7) is 4.22. The molecule has 0 spiro atoms. The van der Waals surface area contributed by atoms with Crippen molar-refractivity contribution in [2.75, 3.05) is 6.54 Å². The monoisotopic (exact) mass is 424 g/mol. The predicted molar refractivity (Wildman–Crippen MR) is 106 cm³/mol. The number of hydrogen-bond acceptors (Lipinski definition) is 4. The highest BCUT2D eigenvalue weighted by Crippen LogP contribution is 2.55. The van der Waals surface area contributed by atoms with Gasteiger partial charge in [-0.1, -0.05) is 13.8 Å². The molecule has 0 aromatic heterocycles. The van der Waals surface area contributed by atoms with Crippen LogP contribution in [0.4, 0.5) is 4.39 Å². The number of β-amino-alcohol motifs (C(OH)–C–C–N with tert-alkyl or cyclic N) is 1. The van der Waals surface area contributed by atoms with E-state index in [4.69, 9.17) is 0 Å². The fourth-order valence-corrected chi connectivity index (χ4v) is 6.67. The average molecular weight is 425 g/mol. The molecule has 3 aliphatic carbocycles. The van der Waals surface area contributed by atoms with Gasteiger partial charge in [-0.2, -0.15) is 0 Å². The van der Waals surface area contributed by atoms with Gasteiger partial charge in [0.1, 0.15) is 12.1 Å².